The van der Waals surface area contributed by atoms with Gasteiger partial charge in [0.15, 0.2) is 0 Å². The zero-order chi connectivity index (χ0) is 13.9. The van der Waals surface area contributed by atoms with Gasteiger partial charge in [-0.25, -0.2) is 9.97 Å². The lowest BCUT2D eigenvalue weighted by Gasteiger charge is -2.28. The lowest BCUT2D eigenvalue weighted by Crippen LogP contribution is -2.29. The van der Waals surface area contributed by atoms with E-state index in [9.17, 15) is 0 Å². The van der Waals surface area contributed by atoms with E-state index in [0.717, 1.165) is 48.9 Å². The smallest absolute Gasteiger partial charge is 0.133 e. The maximum Gasteiger partial charge on any atom is 0.133 e. The molecular weight excluding hydrogens is 248 g/mol. The SMILES string of the molecule is CCCNc1cc(N(C)CC2CC3CCC2C3)ncn1. The molecular formula is C16H26N4. The third kappa shape index (κ3) is 2.89. The van der Waals surface area contributed by atoms with Crippen molar-refractivity contribution < 1.29 is 0 Å². The quantitative estimate of drug-likeness (QED) is 0.865. The molecule has 3 atom stereocenters. The summed E-state index contributed by atoms with van der Waals surface area (Å²) < 4.78 is 0. The molecule has 2 fully saturated rings. The van der Waals surface area contributed by atoms with Gasteiger partial charge in [-0.2, -0.15) is 0 Å². The van der Waals surface area contributed by atoms with Gasteiger partial charge in [0.05, 0.1) is 0 Å². The molecule has 1 heterocycles. The summed E-state index contributed by atoms with van der Waals surface area (Å²) in [5.74, 6) is 4.85. The first-order valence-corrected chi connectivity index (χ1v) is 8.03. The van der Waals surface area contributed by atoms with E-state index in [1.165, 1.54) is 25.7 Å². The molecule has 4 nitrogen and oxygen atoms in total. The molecule has 1 aromatic rings. The average molecular weight is 274 g/mol. The van der Waals surface area contributed by atoms with E-state index >= 15 is 0 Å². The molecule has 2 saturated carbocycles. The molecule has 0 amide bonds. The highest BCUT2D eigenvalue weighted by Crippen LogP contribution is 2.48. The van der Waals surface area contributed by atoms with Gasteiger partial charge < -0.3 is 10.2 Å². The summed E-state index contributed by atoms with van der Waals surface area (Å²) in [7, 11) is 2.16. The normalized spacial score (nSPS) is 27.8. The van der Waals surface area contributed by atoms with Gasteiger partial charge in [-0.05, 0) is 43.4 Å². The molecule has 0 radical (unpaired) electrons. The number of nitrogens with zero attached hydrogens (tertiary/aromatic N) is 3. The maximum atomic E-state index is 4.43. The first-order chi connectivity index (χ1) is 9.76. The fourth-order valence-electron chi connectivity index (χ4n) is 3.95. The van der Waals surface area contributed by atoms with Gasteiger partial charge in [-0.3, -0.25) is 0 Å². The fourth-order valence-corrected chi connectivity index (χ4v) is 3.95. The summed E-state index contributed by atoms with van der Waals surface area (Å²) in [6.07, 6.45) is 8.62. The molecule has 1 aromatic heterocycles. The molecule has 2 bridgehead atoms. The van der Waals surface area contributed by atoms with Crippen LogP contribution in [0.4, 0.5) is 11.6 Å². The average Bonchev–Trinajstić information content (AvgIpc) is 3.08. The van der Waals surface area contributed by atoms with Gasteiger partial charge >= 0.3 is 0 Å². The van der Waals surface area contributed by atoms with Gasteiger partial charge in [0.25, 0.3) is 0 Å². The summed E-state index contributed by atoms with van der Waals surface area (Å²) in [5, 5.41) is 3.33. The van der Waals surface area contributed by atoms with Gasteiger partial charge in [-0.15, -0.1) is 0 Å². The molecule has 4 heteroatoms. The number of anilines is 2. The highest BCUT2D eigenvalue weighted by atomic mass is 15.2. The van der Waals surface area contributed by atoms with Gasteiger partial charge in [-0.1, -0.05) is 13.3 Å². The van der Waals surface area contributed by atoms with Gasteiger partial charge in [0.2, 0.25) is 0 Å². The van der Waals surface area contributed by atoms with E-state index < -0.39 is 0 Å². The largest absolute Gasteiger partial charge is 0.370 e. The molecule has 3 unspecified atom stereocenters. The molecule has 20 heavy (non-hydrogen) atoms. The Morgan fingerprint density at radius 2 is 2.20 bits per heavy atom. The number of rotatable bonds is 6. The van der Waals surface area contributed by atoms with Crippen molar-refractivity contribution in [3.05, 3.63) is 12.4 Å². The van der Waals surface area contributed by atoms with Crippen molar-refractivity contribution in [1.29, 1.82) is 0 Å². The van der Waals surface area contributed by atoms with Crippen molar-refractivity contribution >= 4 is 11.6 Å². The van der Waals surface area contributed by atoms with Crippen molar-refractivity contribution in [1.82, 2.24) is 9.97 Å². The van der Waals surface area contributed by atoms with E-state index in [1.54, 1.807) is 6.33 Å². The Bertz CT molecular complexity index is 448. The molecule has 3 rings (SSSR count). The van der Waals surface area contributed by atoms with Crippen LogP contribution >= 0.6 is 0 Å². The molecule has 0 spiro atoms. The van der Waals surface area contributed by atoms with Gasteiger partial charge in [0, 0.05) is 26.2 Å². The minimum absolute atomic E-state index is 0.876. The van der Waals surface area contributed by atoms with Crippen LogP contribution in [0.5, 0.6) is 0 Å². The zero-order valence-electron chi connectivity index (χ0n) is 12.7. The second kappa shape index (κ2) is 5.98. The zero-order valence-corrected chi connectivity index (χ0v) is 12.7. The molecule has 2 aliphatic carbocycles. The molecule has 0 aliphatic heterocycles. The number of hydrogen-bond donors (Lipinski definition) is 1. The second-order valence-corrected chi connectivity index (χ2v) is 6.50. The Morgan fingerprint density at radius 1 is 1.30 bits per heavy atom. The van der Waals surface area contributed by atoms with Crippen molar-refractivity contribution in [3.63, 3.8) is 0 Å². The topological polar surface area (TPSA) is 41.0 Å². The summed E-state index contributed by atoms with van der Waals surface area (Å²) in [4.78, 5) is 11.0. The minimum atomic E-state index is 0.876. The first-order valence-electron chi connectivity index (χ1n) is 8.03. The third-order valence-electron chi connectivity index (χ3n) is 4.99. The van der Waals surface area contributed by atoms with Crippen molar-refractivity contribution in [2.45, 2.75) is 39.0 Å². The highest BCUT2D eigenvalue weighted by molar-refractivity contribution is 5.47. The number of nitrogens with one attached hydrogen (secondary N) is 1. The lowest BCUT2D eigenvalue weighted by molar-refractivity contribution is 0.337. The Morgan fingerprint density at radius 3 is 2.90 bits per heavy atom. The minimum Gasteiger partial charge on any atom is -0.370 e. The van der Waals surface area contributed by atoms with Crippen LogP contribution in [0.25, 0.3) is 0 Å². The van der Waals surface area contributed by atoms with E-state index in [0.29, 0.717) is 0 Å². The summed E-state index contributed by atoms with van der Waals surface area (Å²) in [5.41, 5.74) is 0. The van der Waals surface area contributed by atoms with Crippen LogP contribution < -0.4 is 10.2 Å². The lowest BCUT2D eigenvalue weighted by atomic mass is 9.88. The predicted octanol–water partition coefficient (Wildman–Crippen LogP) is 3.17. The second-order valence-electron chi connectivity index (χ2n) is 6.50. The van der Waals surface area contributed by atoms with Crippen LogP contribution in [0.3, 0.4) is 0 Å². The Hall–Kier alpha value is -1.32. The van der Waals surface area contributed by atoms with Gasteiger partial charge in [0.1, 0.15) is 18.0 Å². The van der Waals surface area contributed by atoms with Crippen molar-refractivity contribution in [3.8, 4) is 0 Å². The van der Waals surface area contributed by atoms with Crippen molar-refractivity contribution in [2.75, 3.05) is 30.4 Å². The van der Waals surface area contributed by atoms with Crippen LogP contribution in [-0.4, -0.2) is 30.1 Å². The monoisotopic (exact) mass is 274 g/mol. The standard InChI is InChI=1S/C16H26N4/c1-3-6-17-15-9-16(19-11-18-15)20(2)10-14-8-12-4-5-13(14)7-12/h9,11-14H,3-8,10H2,1-2H3,(H,17,18,19). The highest BCUT2D eigenvalue weighted by Gasteiger charge is 2.39. The number of fused-ring (bicyclic) bond motifs is 2. The van der Waals surface area contributed by atoms with Crippen LogP contribution in [0.15, 0.2) is 12.4 Å². The summed E-state index contributed by atoms with van der Waals surface area (Å²) in [6.45, 7) is 4.27. The molecule has 2 aliphatic rings. The molecule has 0 saturated heterocycles. The van der Waals surface area contributed by atoms with E-state index in [1.807, 2.05) is 0 Å². The Labute approximate surface area is 122 Å². The van der Waals surface area contributed by atoms with Crippen LogP contribution in [0, 0.1) is 17.8 Å². The Balaban J connectivity index is 1.60. The first kappa shape index (κ1) is 13.7. The van der Waals surface area contributed by atoms with E-state index in [4.69, 9.17) is 0 Å². The number of hydrogen-bond acceptors (Lipinski definition) is 4. The predicted molar refractivity (Wildman–Crippen MR) is 83.0 cm³/mol. The molecule has 110 valence electrons. The van der Waals surface area contributed by atoms with Crippen molar-refractivity contribution in [2.24, 2.45) is 17.8 Å². The number of aromatic nitrogens is 2. The fraction of sp³-hybridized carbons (Fsp3) is 0.750. The van der Waals surface area contributed by atoms with Crippen LogP contribution in [-0.2, 0) is 0 Å². The van der Waals surface area contributed by atoms with Crippen LogP contribution in [0.1, 0.15) is 39.0 Å². The summed E-state index contributed by atoms with van der Waals surface area (Å²) >= 11 is 0. The summed E-state index contributed by atoms with van der Waals surface area (Å²) in [6, 6.07) is 2.07. The molecule has 1 N–H and O–H groups in total. The Kier molecular flexibility index (Phi) is 4.08. The van der Waals surface area contributed by atoms with Crippen LogP contribution in [0.2, 0.25) is 0 Å². The third-order valence-corrected chi connectivity index (χ3v) is 4.99. The molecule has 0 aromatic carbocycles. The van der Waals surface area contributed by atoms with E-state index in [-0.39, 0.29) is 0 Å². The maximum absolute atomic E-state index is 4.43. The van der Waals surface area contributed by atoms with E-state index in [2.05, 4.69) is 40.2 Å².